The molecule has 2 heterocycles. The molecule has 2 aromatic heterocycles. The molecule has 0 atom stereocenters. The lowest BCUT2D eigenvalue weighted by atomic mass is 10.2. The van der Waals surface area contributed by atoms with Gasteiger partial charge in [-0.2, -0.15) is 5.10 Å². The molecule has 0 saturated heterocycles. The molecular formula is C14H11N5O2. The maximum atomic E-state index is 12.0. The van der Waals surface area contributed by atoms with E-state index in [1.165, 1.54) is 6.21 Å². The number of hydrazone groups is 1. The number of anilines is 1. The molecule has 0 amide bonds. The highest BCUT2D eigenvalue weighted by Crippen LogP contribution is 2.09. The summed E-state index contributed by atoms with van der Waals surface area (Å²) < 4.78 is 0.437. The number of benzene rings is 1. The van der Waals surface area contributed by atoms with Crippen LogP contribution >= 0.6 is 0 Å². The molecule has 104 valence electrons. The van der Waals surface area contributed by atoms with E-state index < -0.39 is 5.56 Å². The van der Waals surface area contributed by atoms with E-state index in [2.05, 4.69) is 20.5 Å². The first-order valence-corrected chi connectivity index (χ1v) is 6.16. The maximum absolute atomic E-state index is 12.0. The van der Waals surface area contributed by atoms with Crippen LogP contribution in [0.25, 0.3) is 10.9 Å². The van der Waals surface area contributed by atoms with E-state index in [1.54, 1.807) is 48.8 Å². The van der Waals surface area contributed by atoms with Gasteiger partial charge in [-0.1, -0.05) is 12.1 Å². The second-order valence-corrected chi connectivity index (χ2v) is 4.22. The van der Waals surface area contributed by atoms with Crippen molar-refractivity contribution in [2.24, 2.45) is 5.10 Å². The molecule has 0 aliphatic carbocycles. The van der Waals surface area contributed by atoms with Gasteiger partial charge in [-0.25, -0.2) is 10.4 Å². The molecule has 3 aromatic rings. The van der Waals surface area contributed by atoms with E-state index in [-0.39, 0.29) is 5.95 Å². The summed E-state index contributed by atoms with van der Waals surface area (Å²) in [7, 11) is 0. The first-order chi connectivity index (χ1) is 10.3. The van der Waals surface area contributed by atoms with Crippen LogP contribution in [0, 0.1) is 0 Å². The molecule has 0 bridgehead atoms. The molecule has 7 heteroatoms. The number of nitrogens with one attached hydrogen (secondary N) is 1. The smallest absolute Gasteiger partial charge is 0.295 e. The molecule has 0 aliphatic rings. The molecule has 7 nitrogen and oxygen atoms in total. The van der Waals surface area contributed by atoms with Crippen molar-refractivity contribution in [1.82, 2.24) is 14.7 Å². The van der Waals surface area contributed by atoms with E-state index in [1.807, 2.05) is 0 Å². The average Bonchev–Trinajstić information content (AvgIpc) is 2.53. The van der Waals surface area contributed by atoms with E-state index in [4.69, 9.17) is 0 Å². The Morgan fingerprint density at radius 1 is 1.19 bits per heavy atom. The Labute approximate surface area is 119 Å². The number of hydrogen-bond acceptors (Lipinski definition) is 6. The molecule has 0 aliphatic heterocycles. The van der Waals surface area contributed by atoms with Crippen LogP contribution in [0.3, 0.4) is 0 Å². The third-order valence-electron chi connectivity index (χ3n) is 2.84. The van der Waals surface area contributed by atoms with Crippen LogP contribution in [0.2, 0.25) is 0 Å². The van der Waals surface area contributed by atoms with Crippen molar-refractivity contribution >= 4 is 23.1 Å². The number of nitrogens with zero attached hydrogens (tertiary/aromatic N) is 4. The number of hydrogen-bond donors (Lipinski definition) is 2. The van der Waals surface area contributed by atoms with Gasteiger partial charge in [0.05, 0.1) is 17.1 Å². The lowest BCUT2D eigenvalue weighted by Crippen LogP contribution is -2.22. The van der Waals surface area contributed by atoms with Crippen LogP contribution < -0.4 is 11.0 Å². The van der Waals surface area contributed by atoms with Gasteiger partial charge < -0.3 is 5.21 Å². The molecule has 2 N–H and O–H groups in total. The van der Waals surface area contributed by atoms with E-state index in [9.17, 15) is 10.0 Å². The Kier molecular flexibility index (Phi) is 3.30. The van der Waals surface area contributed by atoms with E-state index in [0.29, 0.717) is 15.6 Å². The third kappa shape index (κ3) is 2.57. The van der Waals surface area contributed by atoms with Crippen molar-refractivity contribution in [3.8, 4) is 0 Å². The largest absolute Gasteiger partial charge is 0.422 e. The van der Waals surface area contributed by atoms with Gasteiger partial charge in [0.2, 0.25) is 0 Å². The summed E-state index contributed by atoms with van der Waals surface area (Å²) >= 11 is 0. The number of aromatic nitrogens is 3. The first-order valence-electron chi connectivity index (χ1n) is 6.16. The van der Waals surface area contributed by atoms with Gasteiger partial charge in [-0.05, 0) is 29.8 Å². The van der Waals surface area contributed by atoms with E-state index >= 15 is 0 Å². The van der Waals surface area contributed by atoms with Crippen molar-refractivity contribution in [3.05, 3.63) is 64.7 Å². The fourth-order valence-corrected chi connectivity index (χ4v) is 1.81. The number of rotatable bonds is 3. The van der Waals surface area contributed by atoms with Gasteiger partial charge in [-0.15, -0.1) is 4.73 Å². The highest BCUT2D eigenvalue weighted by atomic mass is 16.5. The fraction of sp³-hybridized carbons (Fsp3) is 0. The molecule has 0 radical (unpaired) electrons. The zero-order valence-corrected chi connectivity index (χ0v) is 10.8. The molecule has 0 fully saturated rings. The minimum absolute atomic E-state index is 0.0518. The second kappa shape index (κ2) is 5.41. The fourth-order valence-electron chi connectivity index (χ4n) is 1.81. The Morgan fingerprint density at radius 3 is 2.76 bits per heavy atom. The Morgan fingerprint density at radius 2 is 1.95 bits per heavy atom. The van der Waals surface area contributed by atoms with Crippen LogP contribution in [0.15, 0.2) is 58.7 Å². The van der Waals surface area contributed by atoms with Crippen LogP contribution in [-0.2, 0) is 0 Å². The van der Waals surface area contributed by atoms with Gasteiger partial charge in [-0.3, -0.25) is 9.78 Å². The third-order valence-corrected chi connectivity index (χ3v) is 2.84. The van der Waals surface area contributed by atoms with Crippen LogP contribution in [0.4, 0.5) is 5.95 Å². The Bertz CT molecular complexity index is 858. The average molecular weight is 281 g/mol. The summed E-state index contributed by atoms with van der Waals surface area (Å²) in [6.45, 7) is 0. The summed E-state index contributed by atoms with van der Waals surface area (Å²) in [5, 5.41) is 14.1. The molecule has 0 unspecified atom stereocenters. The zero-order valence-electron chi connectivity index (χ0n) is 10.8. The van der Waals surface area contributed by atoms with Crippen molar-refractivity contribution < 1.29 is 5.21 Å². The Hall–Kier alpha value is -3.22. The normalized spacial score (nSPS) is 11.0. The lowest BCUT2D eigenvalue weighted by Gasteiger charge is -2.05. The predicted molar refractivity (Wildman–Crippen MR) is 78.6 cm³/mol. The number of para-hydroxylation sites is 1. The summed E-state index contributed by atoms with van der Waals surface area (Å²) in [5.74, 6) is -0.0518. The molecule has 1 aromatic carbocycles. The van der Waals surface area contributed by atoms with Crippen LogP contribution in [-0.4, -0.2) is 26.1 Å². The van der Waals surface area contributed by atoms with Gasteiger partial charge >= 0.3 is 0 Å². The van der Waals surface area contributed by atoms with Crippen LogP contribution in [0.1, 0.15) is 5.56 Å². The highest BCUT2D eigenvalue weighted by molar-refractivity contribution is 5.80. The quantitative estimate of drug-likeness (QED) is 0.431. The van der Waals surface area contributed by atoms with Crippen molar-refractivity contribution in [2.75, 3.05) is 5.43 Å². The summed E-state index contributed by atoms with van der Waals surface area (Å²) in [6, 6.07) is 10.3. The number of fused-ring (bicyclic) bond motifs is 1. The van der Waals surface area contributed by atoms with Gasteiger partial charge in [0.25, 0.3) is 11.5 Å². The first kappa shape index (κ1) is 12.8. The topological polar surface area (TPSA) is 92.4 Å². The predicted octanol–water partition coefficient (Wildman–Crippen LogP) is 1.47. The van der Waals surface area contributed by atoms with Crippen molar-refractivity contribution in [3.63, 3.8) is 0 Å². The highest BCUT2D eigenvalue weighted by Gasteiger charge is 2.08. The second-order valence-electron chi connectivity index (χ2n) is 4.22. The molecule has 0 spiro atoms. The van der Waals surface area contributed by atoms with Gasteiger partial charge in [0, 0.05) is 12.4 Å². The van der Waals surface area contributed by atoms with Crippen molar-refractivity contribution in [2.45, 2.75) is 0 Å². The standard InChI is InChI=1S/C14H11N5O2/c20-13-11-3-1-2-4-12(11)17-14(19(13)21)18-16-9-10-5-7-15-8-6-10/h1-9,21H,(H,17,18). The van der Waals surface area contributed by atoms with Crippen LogP contribution in [0.5, 0.6) is 0 Å². The summed E-state index contributed by atoms with van der Waals surface area (Å²) in [5.41, 5.74) is 3.30. The zero-order chi connectivity index (χ0) is 14.7. The minimum Gasteiger partial charge on any atom is -0.422 e. The molecular weight excluding hydrogens is 270 g/mol. The summed E-state index contributed by atoms with van der Waals surface area (Å²) in [4.78, 5) is 20.0. The summed E-state index contributed by atoms with van der Waals surface area (Å²) in [6.07, 6.45) is 4.80. The van der Waals surface area contributed by atoms with Crippen molar-refractivity contribution in [1.29, 1.82) is 0 Å². The molecule has 0 saturated carbocycles. The maximum Gasteiger partial charge on any atom is 0.295 e. The number of pyridine rings is 1. The van der Waals surface area contributed by atoms with Gasteiger partial charge in [0.1, 0.15) is 0 Å². The van der Waals surface area contributed by atoms with Gasteiger partial charge in [0.15, 0.2) is 0 Å². The lowest BCUT2D eigenvalue weighted by molar-refractivity contribution is 0.179. The SMILES string of the molecule is O=c1c2ccccc2nc(NN=Cc2ccncc2)n1O. The Balaban J connectivity index is 1.93. The van der Waals surface area contributed by atoms with E-state index in [0.717, 1.165) is 5.56 Å². The molecule has 21 heavy (non-hydrogen) atoms. The molecule has 3 rings (SSSR count). The monoisotopic (exact) mass is 281 g/mol. The minimum atomic E-state index is -0.554.